The summed E-state index contributed by atoms with van der Waals surface area (Å²) < 4.78 is 207. The molecule has 2 aromatic rings. The first-order valence-corrected chi connectivity index (χ1v) is 21.6. The molecule has 2 aromatic carbocycles. The van der Waals surface area contributed by atoms with Crippen molar-refractivity contribution in [3.63, 3.8) is 0 Å². The average Bonchev–Trinajstić information content (AvgIpc) is 3.91. The summed E-state index contributed by atoms with van der Waals surface area (Å²) >= 11 is 0. The fourth-order valence-electron chi connectivity index (χ4n) is 10.2. The number of carboxylic acids is 2. The van der Waals surface area contributed by atoms with E-state index in [1.54, 1.807) is 34.1 Å². The van der Waals surface area contributed by atoms with Gasteiger partial charge in [-0.1, -0.05) is 36.4 Å². The molecule has 4 fully saturated rings. The fourth-order valence-corrected chi connectivity index (χ4v) is 10.2. The molecule has 0 bridgehead atoms. The highest BCUT2D eigenvalue weighted by Gasteiger charge is 2.62. The van der Waals surface area contributed by atoms with E-state index in [9.17, 15) is 95.2 Å². The van der Waals surface area contributed by atoms with Crippen LogP contribution in [0.4, 0.5) is 75.4 Å². The highest BCUT2D eigenvalue weighted by Crippen LogP contribution is 2.56. The Labute approximate surface area is 388 Å². The Balaban J connectivity index is 1.14. The van der Waals surface area contributed by atoms with Gasteiger partial charge in [-0.2, -0.15) is 65.9 Å². The molecule has 12 nitrogen and oxygen atoms in total. The molecule has 2 saturated carbocycles. The first-order chi connectivity index (χ1) is 32.3. The SMILES string of the molecule is O=C(OC(C(F)(F)F)C(F)(F)F)N1CCN(Cc2ccc(C(F)(F)F)c(C3(C(=O)O)CCC(C4CCC(C(=O)O)(c5ccccc5CN5CCN(C(=O)OC(C(F)(F)F)C(F)(F)F)CC5)C4)C3)c2)CC1. The van der Waals surface area contributed by atoms with Crippen molar-refractivity contribution in [1.29, 1.82) is 0 Å². The molecule has 4 unspecified atom stereocenters. The monoisotopic (exact) mass is 1030 g/mol. The van der Waals surface area contributed by atoms with E-state index < -0.39 is 114 Å². The lowest BCUT2D eigenvalue weighted by atomic mass is 9.72. The van der Waals surface area contributed by atoms with Gasteiger partial charge in [-0.05, 0) is 78.7 Å². The summed E-state index contributed by atoms with van der Waals surface area (Å²) in [4.78, 5) is 55.7. The number of rotatable bonds is 11. The summed E-state index contributed by atoms with van der Waals surface area (Å²) in [6.07, 6.45) is -41.4. The van der Waals surface area contributed by atoms with Crippen LogP contribution in [-0.4, -0.2) is 143 Å². The molecular formula is C43H45F15N4O8. The van der Waals surface area contributed by atoms with Gasteiger partial charge in [0.25, 0.3) is 12.2 Å². The number of aliphatic carboxylic acids is 2. The van der Waals surface area contributed by atoms with Gasteiger partial charge in [0.1, 0.15) is 0 Å². The normalized spacial score (nSPS) is 24.6. The van der Waals surface area contributed by atoms with Crippen molar-refractivity contribution >= 4 is 24.1 Å². The van der Waals surface area contributed by atoms with E-state index in [0.29, 0.717) is 20.9 Å². The van der Waals surface area contributed by atoms with Crippen molar-refractivity contribution in [3.8, 4) is 0 Å². The lowest BCUT2D eigenvalue weighted by Crippen LogP contribution is -2.52. The molecule has 4 atom stereocenters. The third kappa shape index (κ3) is 11.8. The minimum atomic E-state index is -5.94. The molecule has 2 heterocycles. The number of amides is 2. The second-order valence-corrected chi connectivity index (χ2v) is 18.0. The summed E-state index contributed by atoms with van der Waals surface area (Å²) in [6.45, 7) is -2.02. The summed E-state index contributed by atoms with van der Waals surface area (Å²) in [5, 5.41) is 21.6. The zero-order chi connectivity index (χ0) is 52.0. The number of piperazine rings is 2. The molecule has 27 heteroatoms. The first kappa shape index (κ1) is 54.1. The van der Waals surface area contributed by atoms with Gasteiger partial charge in [0.15, 0.2) is 0 Å². The molecule has 2 N–H and O–H groups in total. The van der Waals surface area contributed by atoms with Crippen molar-refractivity contribution in [2.45, 2.75) is 106 Å². The van der Waals surface area contributed by atoms with Gasteiger partial charge in [-0.3, -0.25) is 19.4 Å². The minimum absolute atomic E-state index is 0.0410. The lowest BCUT2D eigenvalue weighted by molar-refractivity contribution is -0.309. The van der Waals surface area contributed by atoms with Gasteiger partial charge in [-0.25, -0.2) is 9.59 Å². The fraction of sp³-hybridized carbons (Fsp3) is 0.628. The molecular weight excluding hydrogens is 985 g/mol. The van der Waals surface area contributed by atoms with Crippen LogP contribution in [-0.2, 0) is 49.2 Å². The zero-order valence-electron chi connectivity index (χ0n) is 36.5. The summed E-state index contributed by atoms with van der Waals surface area (Å²) in [5.41, 5.74) is -4.43. The maximum absolute atomic E-state index is 14.7. The molecule has 390 valence electrons. The lowest BCUT2D eigenvalue weighted by Gasteiger charge is -2.36. The number of hydrogen-bond acceptors (Lipinski definition) is 8. The van der Waals surface area contributed by atoms with E-state index in [-0.39, 0.29) is 96.4 Å². The third-order valence-corrected chi connectivity index (χ3v) is 13.7. The number of halogens is 15. The van der Waals surface area contributed by atoms with Gasteiger partial charge in [0.05, 0.1) is 16.4 Å². The molecule has 2 saturated heterocycles. The van der Waals surface area contributed by atoms with E-state index in [4.69, 9.17) is 0 Å². The Morgan fingerprint density at radius 3 is 1.36 bits per heavy atom. The minimum Gasteiger partial charge on any atom is -0.481 e. The van der Waals surface area contributed by atoms with Crippen LogP contribution in [0.25, 0.3) is 0 Å². The maximum Gasteiger partial charge on any atom is 0.434 e. The number of carboxylic acid groups (broad SMARTS) is 2. The molecule has 4 aliphatic rings. The predicted octanol–water partition coefficient (Wildman–Crippen LogP) is 9.15. The zero-order valence-corrected chi connectivity index (χ0v) is 36.5. The Morgan fingerprint density at radius 1 is 0.557 bits per heavy atom. The number of ether oxygens (including phenoxy) is 2. The van der Waals surface area contributed by atoms with Gasteiger partial charge in [0.2, 0.25) is 0 Å². The molecule has 0 radical (unpaired) electrons. The van der Waals surface area contributed by atoms with Crippen LogP contribution >= 0.6 is 0 Å². The van der Waals surface area contributed by atoms with Crippen LogP contribution in [0, 0.1) is 11.8 Å². The van der Waals surface area contributed by atoms with Crippen LogP contribution < -0.4 is 0 Å². The van der Waals surface area contributed by atoms with E-state index >= 15 is 0 Å². The molecule has 2 amide bonds. The molecule has 2 aliphatic carbocycles. The molecule has 70 heavy (non-hydrogen) atoms. The van der Waals surface area contributed by atoms with Crippen LogP contribution in [0.5, 0.6) is 0 Å². The Kier molecular flexibility index (Phi) is 15.3. The Bertz CT molecular complexity index is 2210. The summed E-state index contributed by atoms with van der Waals surface area (Å²) in [5.74, 6) is -3.89. The largest absolute Gasteiger partial charge is 0.481 e. The van der Waals surface area contributed by atoms with Crippen LogP contribution in [0.3, 0.4) is 0 Å². The standard InChI is InChI=1S/C43H45F15N4O8/c44-39(45,46)29-6-5-24(22-59-11-15-61(16-12-59)35(67)69-31(40(47,48)49)41(50,51)52)19-30(29)38(34(65)66)10-8-26(21-38)25-7-9-37(20-25,33(63)64)28-4-2-1-3-27(28)23-60-13-17-62(18-14-60)36(68)70-32(42(53,54)55)43(56,57)58/h1-6,19,25-26,31-32H,7-18,20-23H2,(H,63,64)(H,65,66). The number of carbonyl (C=O) groups excluding carboxylic acids is 2. The van der Waals surface area contributed by atoms with E-state index in [0.717, 1.165) is 18.2 Å². The van der Waals surface area contributed by atoms with E-state index in [1.165, 1.54) is 0 Å². The maximum atomic E-state index is 14.7. The number of benzene rings is 2. The van der Waals surface area contributed by atoms with Gasteiger partial charge < -0.3 is 29.5 Å². The van der Waals surface area contributed by atoms with Crippen molar-refractivity contribution in [2.24, 2.45) is 11.8 Å². The highest BCUT2D eigenvalue weighted by atomic mass is 19.4. The van der Waals surface area contributed by atoms with Gasteiger partial charge in [-0.15, -0.1) is 0 Å². The van der Waals surface area contributed by atoms with Crippen LogP contribution in [0.1, 0.15) is 66.3 Å². The molecule has 0 spiro atoms. The molecule has 0 aromatic heterocycles. The molecule has 6 rings (SSSR count). The number of carbonyl (C=O) groups is 4. The predicted molar refractivity (Wildman–Crippen MR) is 210 cm³/mol. The van der Waals surface area contributed by atoms with Crippen LogP contribution in [0.2, 0.25) is 0 Å². The first-order valence-electron chi connectivity index (χ1n) is 21.6. The van der Waals surface area contributed by atoms with Crippen molar-refractivity contribution in [3.05, 3.63) is 70.3 Å². The second-order valence-electron chi connectivity index (χ2n) is 18.0. The van der Waals surface area contributed by atoms with Gasteiger partial charge >= 0.3 is 55.0 Å². The summed E-state index contributed by atoms with van der Waals surface area (Å²) in [7, 11) is 0. The quantitative estimate of drug-likeness (QED) is 0.210. The number of nitrogens with zero attached hydrogens (tertiary/aromatic N) is 4. The van der Waals surface area contributed by atoms with Crippen molar-refractivity contribution in [1.82, 2.24) is 19.6 Å². The summed E-state index contributed by atoms with van der Waals surface area (Å²) in [6, 6.07) is 9.31. The number of hydrogen-bond donors (Lipinski definition) is 2. The highest BCUT2D eigenvalue weighted by molar-refractivity contribution is 5.84. The smallest absolute Gasteiger partial charge is 0.434 e. The van der Waals surface area contributed by atoms with Gasteiger partial charge in [0, 0.05) is 65.4 Å². The third-order valence-electron chi connectivity index (χ3n) is 13.7. The van der Waals surface area contributed by atoms with E-state index in [1.807, 2.05) is 0 Å². The van der Waals surface area contributed by atoms with Crippen LogP contribution in [0.15, 0.2) is 42.5 Å². The molecule has 2 aliphatic heterocycles. The Hall–Kier alpha value is -5.21. The van der Waals surface area contributed by atoms with E-state index in [2.05, 4.69) is 9.47 Å². The second kappa shape index (κ2) is 19.8. The van der Waals surface area contributed by atoms with Crippen molar-refractivity contribution < 1.29 is 105 Å². The topological polar surface area (TPSA) is 140 Å². The van der Waals surface area contributed by atoms with Crippen molar-refractivity contribution in [2.75, 3.05) is 52.4 Å². The Morgan fingerprint density at radius 2 is 0.957 bits per heavy atom. The average molecular weight is 1030 g/mol. The number of alkyl halides is 15.